The number of benzene rings is 1. The molecule has 1 rings (SSSR count). The van der Waals surface area contributed by atoms with Crippen molar-refractivity contribution in [3.63, 3.8) is 0 Å². The Morgan fingerprint density at radius 2 is 1.74 bits per heavy atom. The number of hydrogen-bond acceptors (Lipinski definition) is 4. The first kappa shape index (κ1) is 14.8. The van der Waals surface area contributed by atoms with Crippen molar-refractivity contribution in [3.8, 4) is 12.1 Å². The van der Waals surface area contributed by atoms with E-state index in [0.29, 0.717) is 0 Å². The second kappa shape index (κ2) is 7.92. The van der Waals surface area contributed by atoms with Gasteiger partial charge in [-0.3, -0.25) is 4.90 Å². The summed E-state index contributed by atoms with van der Waals surface area (Å²) in [6, 6.07) is 11.6. The minimum absolute atomic E-state index is 0.0622. The summed E-state index contributed by atoms with van der Waals surface area (Å²) < 4.78 is 0. The lowest BCUT2D eigenvalue weighted by Gasteiger charge is -2.18. The maximum absolute atomic E-state index is 8.62. The van der Waals surface area contributed by atoms with E-state index >= 15 is 0 Å². The second-order valence-electron chi connectivity index (χ2n) is 4.08. The molecule has 0 aliphatic heterocycles. The molecule has 0 fully saturated rings. The first-order chi connectivity index (χ1) is 9.23. The van der Waals surface area contributed by atoms with Crippen LogP contribution in [0.3, 0.4) is 0 Å². The molecule has 19 heavy (non-hydrogen) atoms. The van der Waals surface area contributed by atoms with Gasteiger partial charge in [0.05, 0.1) is 0 Å². The maximum Gasteiger partial charge on any atom is 0.145 e. The zero-order chi connectivity index (χ0) is 14.1. The fraction of sp³-hybridized carbons (Fsp3) is 0.333. The molecule has 0 aliphatic rings. The van der Waals surface area contributed by atoms with Crippen LogP contribution in [0.5, 0.6) is 0 Å². The quantitative estimate of drug-likeness (QED) is 0.793. The van der Waals surface area contributed by atoms with Crippen LogP contribution in [0.15, 0.2) is 36.0 Å². The Kier molecular flexibility index (Phi) is 6.15. The van der Waals surface area contributed by atoms with E-state index in [4.69, 9.17) is 10.5 Å². The normalized spacial score (nSPS) is 9.53. The third kappa shape index (κ3) is 4.83. The molecule has 0 radical (unpaired) electrons. The molecule has 0 spiro atoms. The molecule has 0 unspecified atom stereocenters. The summed E-state index contributed by atoms with van der Waals surface area (Å²) >= 11 is 0. The number of hydrogen-bond donors (Lipinski definition) is 1. The lowest BCUT2D eigenvalue weighted by atomic mass is 10.2. The van der Waals surface area contributed by atoms with Crippen LogP contribution < -0.4 is 5.32 Å². The summed E-state index contributed by atoms with van der Waals surface area (Å²) in [5.41, 5.74) is 2.18. The maximum atomic E-state index is 8.62. The highest BCUT2D eigenvalue weighted by Gasteiger charge is 2.00. The molecule has 0 atom stereocenters. The van der Waals surface area contributed by atoms with Gasteiger partial charge in [-0.05, 0) is 30.8 Å². The first-order valence-corrected chi connectivity index (χ1v) is 6.31. The number of rotatable bonds is 6. The molecule has 0 amide bonds. The molecule has 4 heteroatoms. The Balaban J connectivity index is 2.65. The monoisotopic (exact) mass is 254 g/mol. The van der Waals surface area contributed by atoms with Crippen LogP contribution in [0.25, 0.3) is 0 Å². The number of nitriles is 2. The molecule has 0 saturated carbocycles. The van der Waals surface area contributed by atoms with Crippen LogP contribution in [0.1, 0.15) is 19.4 Å². The smallest absolute Gasteiger partial charge is 0.145 e. The minimum Gasteiger partial charge on any atom is -0.360 e. The molecular formula is C15H18N4. The Morgan fingerprint density at radius 3 is 2.21 bits per heavy atom. The average molecular weight is 254 g/mol. The molecule has 0 aromatic heterocycles. The summed E-state index contributed by atoms with van der Waals surface area (Å²) in [6.45, 7) is 7.30. The van der Waals surface area contributed by atoms with Crippen molar-refractivity contribution in [3.05, 3.63) is 41.6 Å². The van der Waals surface area contributed by atoms with E-state index in [2.05, 4.69) is 24.1 Å². The van der Waals surface area contributed by atoms with Gasteiger partial charge in [0.25, 0.3) is 0 Å². The molecule has 1 N–H and O–H groups in total. The molecule has 1 aromatic carbocycles. The van der Waals surface area contributed by atoms with Gasteiger partial charge in [-0.2, -0.15) is 10.5 Å². The summed E-state index contributed by atoms with van der Waals surface area (Å²) in [4.78, 5) is 2.34. The molecule has 0 heterocycles. The van der Waals surface area contributed by atoms with E-state index in [1.54, 1.807) is 12.1 Å². The zero-order valence-electron chi connectivity index (χ0n) is 11.3. The van der Waals surface area contributed by atoms with Gasteiger partial charge in [-0.25, -0.2) is 0 Å². The summed E-state index contributed by atoms with van der Waals surface area (Å²) in [6.07, 6.45) is 1.42. The standard InChI is InChI=1S/C15H18N4/c1-3-19(4-2)12-13-5-7-15(8-6-13)18-11-14(9-16)10-17/h5-8,11,18H,3-4,12H2,1-2H3. The van der Waals surface area contributed by atoms with Gasteiger partial charge in [0.1, 0.15) is 17.7 Å². The topological polar surface area (TPSA) is 62.9 Å². The molecule has 4 nitrogen and oxygen atoms in total. The Hall–Kier alpha value is -2.30. The van der Waals surface area contributed by atoms with E-state index in [-0.39, 0.29) is 5.57 Å². The van der Waals surface area contributed by atoms with E-state index in [9.17, 15) is 0 Å². The van der Waals surface area contributed by atoms with Crippen molar-refractivity contribution in [2.45, 2.75) is 20.4 Å². The van der Waals surface area contributed by atoms with Gasteiger partial charge in [0, 0.05) is 18.4 Å². The van der Waals surface area contributed by atoms with Gasteiger partial charge in [0.15, 0.2) is 0 Å². The fourth-order valence-electron chi connectivity index (χ4n) is 1.66. The Labute approximate surface area is 114 Å². The van der Waals surface area contributed by atoms with E-state index in [1.165, 1.54) is 11.8 Å². The summed E-state index contributed by atoms with van der Waals surface area (Å²) in [7, 11) is 0. The molecule has 0 aliphatic carbocycles. The predicted octanol–water partition coefficient (Wildman–Crippen LogP) is 2.87. The van der Waals surface area contributed by atoms with Gasteiger partial charge in [0.2, 0.25) is 0 Å². The van der Waals surface area contributed by atoms with Crippen LogP contribution in [0, 0.1) is 22.7 Å². The lowest BCUT2D eigenvalue weighted by molar-refractivity contribution is 0.296. The largest absolute Gasteiger partial charge is 0.360 e. The number of allylic oxidation sites excluding steroid dienone is 1. The van der Waals surface area contributed by atoms with Gasteiger partial charge < -0.3 is 5.32 Å². The van der Waals surface area contributed by atoms with E-state index in [0.717, 1.165) is 25.3 Å². The predicted molar refractivity (Wildman–Crippen MR) is 76.0 cm³/mol. The van der Waals surface area contributed by atoms with Crippen molar-refractivity contribution >= 4 is 5.69 Å². The van der Waals surface area contributed by atoms with Crippen LogP contribution >= 0.6 is 0 Å². The van der Waals surface area contributed by atoms with Crippen LogP contribution in [0.2, 0.25) is 0 Å². The van der Waals surface area contributed by atoms with Crippen molar-refractivity contribution in [2.75, 3.05) is 18.4 Å². The van der Waals surface area contributed by atoms with Crippen molar-refractivity contribution < 1.29 is 0 Å². The van der Waals surface area contributed by atoms with Gasteiger partial charge in [-0.15, -0.1) is 0 Å². The number of anilines is 1. The zero-order valence-corrected chi connectivity index (χ0v) is 11.3. The SMILES string of the molecule is CCN(CC)Cc1ccc(NC=C(C#N)C#N)cc1. The fourth-order valence-corrected chi connectivity index (χ4v) is 1.66. The minimum atomic E-state index is 0.0622. The molecule has 0 saturated heterocycles. The van der Waals surface area contributed by atoms with E-state index < -0.39 is 0 Å². The highest BCUT2D eigenvalue weighted by atomic mass is 15.1. The van der Waals surface area contributed by atoms with Gasteiger partial charge >= 0.3 is 0 Å². The van der Waals surface area contributed by atoms with Crippen molar-refractivity contribution in [1.82, 2.24) is 4.90 Å². The van der Waals surface area contributed by atoms with Crippen molar-refractivity contribution in [2.24, 2.45) is 0 Å². The average Bonchev–Trinajstić information content (AvgIpc) is 2.47. The third-order valence-corrected chi connectivity index (χ3v) is 2.88. The highest BCUT2D eigenvalue weighted by Crippen LogP contribution is 2.11. The number of nitrogens with zero attached hydrogens (tertiary/aromatic N) is 3. The van der Waals surface area contributed by atoms with Gasteiger partial charge in [-0.1, -0.05) is 26.0 Å². The summed E-state index contributed by atoms with van der Waals surface area (Å²) in [5, 5.41) is 20.2. The number of nitrogens with one attached hydrogen (secondary N) is 1. The molecular weight excluding hydrogens is 236 g/mol. The molecule has 0 bridgehead atoms. The van der Waals surface area contributed by atoms with Crippen LogP contribution in [-0.2, 0) is 6.54 Å². The third-order valence-electron chi connectivity index (χ3n) is 2.88. The second-order valence-corrected chi connectivity index (χ2v) is 4.08. The summed E-state index contributed by atoms with van der Waals surface area (Å²) in [5.74, 6) is 0. The molecule has 98 valence electrons. The first-order valence-electron chi connectivity index (χ1n) is 6.31. The van der Waals surface area contributed by atoms with Crippen LogP contribution in [0.4, 0.5) is 5.69 Å². The highest BCUT2D eigenvalue weighted by molar-refractivity contribution is 5.50. The van der Waals surface area contributed by atoms with Crippen molar-refractivity contribution in [1.29, 1.82) is 10.5 Å². The Morgan fingerprint density at radius 1 is 1.16 bits per heavy atom. The van der Waals surface area contributed by atoms with Crippen LogP contribution in [-0.4, -0.2) is 18.0 Å². The lowest BCUT2D eigenvalue weighted by Crippen LogP contribution is -2.21. The molecule has 1 aromatic rings. The Bertz CT molecular complexity index is 482. The van der Waals surface area contributed by atoms with E-state index in [1.807, 2.05) is 24.3 Å².